The van der Waals surface area contributed by atoms with Gasteiger partial charge in [-0.3, -0.25) is 4.79 Å². The summed E-state index contributed by atoms with van der Waals surface area (Å²) in [6.07, 6.45) is 0.263. The molecule has 0 radical (unpaired) electrons. The van der Waals surface area contributed by atoms with E-state index in [-0.39, 0.29) is 29.7 Å². The van der Waals surface area contributed by atoms with E-state index in [4.69, 9.17) is 4.74 Å². The van der Waals surface area contributed by atoms with Crippen LogP contribution in [0.15, 0.2) is 53.4 Å². The summed E-state index contributed by atoms with van der Waals surface area (Å²) in [6, 6.07) is 11.9. The van der Waals surface area contributed by atoms with Gasteiger partial charge in [0.2, 0.25) is 15.9 Å². The Labute approximate surface area is 158 Å². The molecule has 1 aliphatic heterocycles. The second kappa shape index (κ2) is 8.06. The summed E-state index contributed by atoms with van der Waals surface area (Å²) in [6.45, 7) is 3.03. The van der Waals surface area contributed by atoms with Gasteiger partial charge in [0.1, 0.15) is 11.6 Å². The Balaban J connectivity index is 1.61. The van der Waals surface area contributed by atoms with Gasteiger partial charge in [0.15, 0.2) is 0 Å². The number of hydrogen-bond donors (Lipinski definition) is 1. The zero-order valence-corrected chi connectivity index (χ0v) is 15.7. The van der Waals surface area contributed by atoms with Crippen LogP contribution in [0.2, 0.25) is 0 Å². The first-order valence-corrected chi connectivity index (χ1v) is 10.2. The van der Waals surface area contributed by atoms with Crippen LogP contribution in [-0.4, -0.2) is 34.0 Å². The molecule has 0 spiro atoms. The van der Waals surface area contributed by atoms with Crippen LogP contribution < -0.4 is 14.4 Å². The number of halogens is 1. The van der Waals surface area contributed by atoms with Crippen LogP contribution in [0, 0.1) is 11.7 Å². The summed E-state index contributed by atoms with van der Waals surface area (Å²) in [5.41, 5.74) is 0.757. The Hall–Kier alpha value is -2.45. The molecule has 2 aromatic rings. The highest BCUT2D eigenvalue weighted by Crippen LogP contribution is 2.27. The van der Waals surface area contributed by atoms with Crippen molar-refractivity contribution in [3.63, 3.8) is 0 Å². The number of amides is 1. The highest BCUT2D eigenvalue weighted by atomic mass is 32.2. The molecule has 0 aliphatic carbocycles. The Morgan fingerprint density at radius 1 is 1.15 bits per heavy atom. The third kappa shape index (κ3) is 4.64. The molecule has 1 aliphatic rings. The third-order valence-corrected chi connectivity index (χ3v) is 5.79. The van der Waals surface area contributed by atoms with Crippen LogP contribution in [0.5, 0.6) is 5.75 Å². The van der Waals surface area contributed by atoms with Gasteiger partial charge < -0.3 is 9.64 Å². The second-order valence-corrected chi connectivity index (χ2v) is 8.07. The number of rotatable bonds is 7. The zero-order valence-electron chi connectivity index (χ0n) is 14.9. The second-order valence-electron chi connectivity index (χ2n) is 6.31. The first kappa shape index (κ1) is 19.3. The first-order chi connectivity index (χ1) is 12.9. The molecule has 0 bridgehead atoms. The van der Waals surface area contributed by atoms with Gasteiger partial charge in [0.05, 0.1) is 11.5 Å². The quantitative estimate of drug-likeness (QED) is 0.786. The van der Waals surface area contributed by atoms with Gasteiger partial charge in [0, 0.05) is 25.2 Å². The summed E-state index contributed by atoms with van der Waals surface area (Å²) < 4.78 is 45.4. The molecule has 1 heterocycles. The molecule has 1 saturated heterocycles. The minimum absolute atomic E-state index is 0.00316. The molecule has 1 N–H and O–H groups in total. The lowest BCUT2D eigenvalue weighted by molar-refractivity contribution is -0.117. The highest BCUT2D eigenvalue weighted by Gasteiger charge is 2.31. The number of sulfonamides is 1. The number of carbonyl (C=O) groups excluding carboxylic acids is 1. The molecule has 0 unspecified atom stereocenters. The maximum absolute atomic E-state index is 13.0. The van der Waals surface area contributed by atoms with Crippen molar-refractivity contribution in [1.29, 1.82) is 0 Å². The number of hydrogen-bond acceptors (Lipinski definition) is 4. The lowest BCUT2D eigenvalue weighted by atomic mass is 10.1. The van der Waals surface area contributed by atoms with Crippen molar-refractivity contribution in [3.05, 3.63) is 54.3 Å². The lowest BCUT2D eigenvalue weighted by Gasteiger charge is -2.17. The van der Waals surface area contributed by atoms with Crippen molar-refractivity contribution < 1.29 is 22.3 Å². The Bertz CT molecular complexity index is 898. The van der Waals surface area contributed by atoms with Crippen LogP contribution in [0.1, 0.15) is 13.3 Å². The van der Waals surface area contributed by atoms with Gasteiger partial charge >= 0.3 is 0 Å². The molecule has 3 rings (SSSR count). The SMILES string of the molecule is CCOc1ccc(N2C[C@@H](CNS(=O)(=O)c3ccc(F)cc3)CC2=O)cc1. The van der Waals surface area contributed by atoms with E-state index in [0.717, 1.165) is 23.6 Å². The fourth-order valence-corrected chi connectivity index (χ4v) is 4.10. The van der Waals surface area contributed by atoms with E-state index in [1.165, 1.54) is 12.1 Å². The maximum atomic E-state index is 13.0. The fraction of sp³-hybridized carbons (Fsp3) is 0.316. The summed E-state index contributed by atoms with van der Waals surface area (Å²) >= 11 is 0. The smallest absolute Gasteiger partial charge is 0.240 e. The van der Waals surface area contributed by atoms with Gasteiger partial charge in [0.25, 0.3) is 0 Å². The van der Waals surface area contributed by atoms with Crippen LogP contribution in [0.3, 0.4) is 0 Å². The van der Waals surface area contributed by atoms with E-state index >= 15 is 0 Å². The first-order valence-electron chi connectivity index (χ1n) is 8.67. The predicted octanol–water partition coefficient (Wildman–Crippen LogP) is 2.56. The standard InChI is InChI=1S/C19H21FN2O4S/c1-2-26-17-7-5-16(6-8-17)22-13-14(11-19(22)23)12-21-27(24,25)18-9-3-15(20)4-10-18/h3-10,14,21H,2,11-13H2,1H3/t14-/m1/s1. The van der Waals surface area contributed by atoms with Gasteiger partial charge in [-0.2, -0.15) is 0 Å². The average molecular weight is 392 g/mol. The molecule has 2 aromatic carbocycles. The molecule has 1 atom stereocenters. The van der Waals surface area contributed by atoms with Crippen molar-refractivity contribution in [1.82, 2.24) is 4.72 Å². The van der Waals surface area contributed by atoms with E-state index in [9.17, 15) is 17.6 Å². The van der Waals surface area contributed by atoms with Crippen molar-refractivity contribution in [3.8, 4) is 5.75 Å². The van der Waals surface area contributed by atoms with Crippen LogP contribution in [0.25, 0.3) is 0 Å². The van der Waals surface area contributed by atoms with E-state index in [1.54, 1.807) is 17.0 Å². The van der Waals surface area contributed by atoms with E-state index in [2.05, 4.69) is 4.72 Å². The summed E-state index contributed by atoms with van der Waals surface area (Å²) in [4.78, 5) is 13.9. The Morgan fingerprint density at radius 2 is 1.81 bits per heavy atom. The molecule has 144 valence electrons. The molecule has 8 heteroatoms. The van der Waals surface area contributed by atoms with Crippen molar-refractivity contribution in [2.45, 2.75) is 18.2 Å². The largest absolute Gasteiger partial charge is 0.494 e. The number of benzene rings is 2. The van der Waals surface area contributed by atoms with Crippen molar-refractivity contribution in [2.24, 2.45) is 5.92 Å². The number of anilines is 1. The van der Waals surface area contributed by atoms with Crippen molar-refractivity contribution >= 4 is 21.6 Å². The van der Waals surface area contributed by atoms with Gasteiger partial charge in [-0.05, 0) is 61.4 Å². The van der Waals surface area contributed by atoms with Crippen LogP contribution in [0.4, 0.5) is 10.1 Å². The lowest BCUT2D eigenvalue weighted by Crippen LogP contribution is -2.31. The highest BCUT2D eigenvalue weighted by molar-refractivity contribution is 7.89. The zero-order chi connectivity index (χ0) is 19.4. The van der Waals surface area contributed by atoms with Crippen LogP contribution >= 0.6 is 0 Å². The minimum atomic E-state index is -3.74. The van der Waals surface area contributed by atoms with Crippen LogP contribution in [-0.2, 0) is 14.8 Å². The van der Waals surface area contributed by atoms with Gasteiger partial charge in [-0.15, -0.1) is 0 Å². The maximum Gasteiger partial charge on any atom is 0.240 e. The Morgan fingerprint density at radius 3 is 2.44 bits per heavy atom. The fourth-order valence-electron chi connectivity index (χ4n) is 2.98. The monoisotopic (exact) mass is 392 g/mol. The van der Waals surface area contributed by atoms with Gasteiger partial charge in [-0.1, -0.05) is 0 Å². The van der Waals surface area contributed by atoms with E-state index < -0.39 is 15.8 Å². The molecular formula is C19H21FN2O4S. The average Bonchev–Trinajstić information content (AvgIpc) is 3.02. The molecule has 0 saturated carbocycles. The number of ether oxygens (including phenoxy) is 1. The predicted molar refractivity (Wildman–Crippen MR) is 99.7 cm³/mol. The van der Waals surface area contributed by atoms with Gasteiger partial charge in [-0.25, -0.2) is 17.5 Å². The number of nitrogens with zero attached hydrogens (tertiary/aromatic N) is 1. The normalized spacial score (nSPS) is 17.3. The van der Waals surface area contributed by atoms with Crippen molar-refractivity contribution in [2.75, 3.05) is 24.6 Å². The molecule has 27 heavy (non-hydrogen) atoms. The molecule has 0 aromatic heterocycles. The molecule has 1 amide bonds. The minimum Gasteiger partial charge on any atom is -0.494 e. The molecular weight excluding hydrogens is 371 g/mol. The summed E-state index contributed by atoms with van der Waals surface area (Å²) in [5.74, 6) is 0.0438. The Kier molecular flexibility index (Phi) is 5.76. The van der Waals surface area contributed by atoms with E-state index in [0.29, 0.717) is 13.2 Å². The third-order valence-electron chi connectivity index (χ3n) is 4.35. The summed E-state index contributed by atoms with van der Waals surface area (Å²) in [7, 11) is -3.74. The molecule has 6 nitrogen and oxygen atoms in total. The summed E-state index contributed by atoms with van der Waals surface area (Å²) in [5, 5.41) is 0. The van der Waals surface area contributed by atoms with E-state index in [1.807, 2.05) is 19.1 Å². The topological polar surface area (TPSA) is 75.7 Å². The number of carbonyl (C=O) groups is 1. The number of nitrogens with one attached hydrogen (secondary N) is 1. The molecule has 1 fully saturated rings.